The predicted octanol–water partition coefficient (Wildman–Crippen LogP) is 3.23. The number of halogens is 1. The molecule has 1 fully saturated rings. The highest BCUT2D eigenvalue weighted by Crippen LogP contribution is 2.22. The van der Waals surface area contributed by atoms with Crippen LogP contribution < -0.4 is 5.32 Å². The maximum absolute atomic E-state index is 11.2. The number of ether oxygens (including phenoxy) is 2. The van der Waals surface area contributed by atoms with Crippen molar-refractivity contribution in [3.05, 3.63) is 0 Å². The van der Waals surface area contributed by atoms with Gasteiger partial charge in [-0.15, -0.1) is 0 Å². The van der Waals surface area contributed by atoms with Crippen molar-refractivity contribution in [1.29, 1.82) is 0 Å². The van der Waals surface area contributed by atoms with Gasteiger partial charge in [0, 0.05) is 17.2 Å². The summed E-state index contributed by atoms with van der Waals surface area (Å²) in [5.74, 6) is -0.927. The minimum Gasteiger partial charge on any atom is -0.464 e. The van der Waals surface area contributed by atoms with E-state index in [0.29, 0.717) is 11.9 Å². The minimum absolute atomic E-state index is 0.0995. The van der Waals surface area contributed by atoms with E-state index < -0.39 is 5.41 Å². The summed E-state index contributed by atoms with van der Waals surface area (Å²) in [6.45, 7) is 15.3. The van der Waals surface area contributed by atoms with Crippen molar-refractivity contribution in [3.63, 3.8) is 0 Å². The Labute approximate surface area is 194 Å². The molecule has 182 valence electrons. The molecule has 1 aliphatic heterocycles. The fourth-order valence-electron chi connectivity index (χ4n) is 1.75. The van der Waals surface area contributed by atoms with E-state index in [1.54, 1.807) is 13.8 Å². The van der Waals surface area contributed by atoms with Crippen molar-refractivity contribution in [2.24, 2.45) is 22.7 Å². The molecule has 0 aromatic heterocycles. The number of hydrogen-bond donors (Lipinski definition) is 2. The molecule has 1 rings (SSSR count). The van der Waals surface area contributed by atoms with Gasteiger partial charge in [0.05, 0.1) is 17.4 Å². The zero-order valence-electron chi connectivity index (χ0n) is 20.2. The summed E-state index contributed by atoms with van der Waals surface area (Å²) in [6.07, 6.45) is 1.56. The van der Waals surface area contributed by atoms with Gasteiger partial charge in [-0.1, -0.05) is 43.6 Å². The number of rotatable bonds is 8. The van der Waals surface area contributed by atoms with Gasteiger partial charge < -0.3 is 14.6 Å². The molecule has 31 heavy (non-hydrogen) atoms. The van der Waals surface area contributed by atoms with Crippen molar-refractivity contribution in [1.82, 2.24) is 5.32 Å². The van der Waals surface area contributed by atoms with E-state index >= 15 is 0 Å². The van der Waals surface area contributed by atoms with E-state index in [-0.39, 0.29) is 54.2 Å². The largest absolute Gasteiger partial charge is 0.464 e. The van der Waals surface area contributed by atoms with Gasteiger partial charge >= 0.3 is 11.9 Å². The first-order valence-corrected chi connectivity index (χ1v) is 11.7. The van der Waals surface area contributed by atoms with Gasteiger partial charge in [0.2, 0.25) is 11.8 Å². The third-order valence-corrected chi connectivity index (χ3v) is 5.65. The number of carbonyl (C=O) groups is 4. The normalized spacial score (nSPS) is 18.1. The van der Waals surface area contributed by atoms with Crippen molar-refractivity contribution in [2.45, 2.75) is 68.2 Å². The van der Waals surface area contributed by atoms with Gasteiger partial charge in [-0.3, -0.25) is 24.5 Å². The molecule has 0 aromatic rings. The van der Waals surface area contributed by atoms with Gasteiger partial charge in [0.25, 0.3) is 0 Å². The number of alkyl halides is 1. The van der Waals surface area contributed by atoms with Crippen LogP contribution in [0.25, 0.3) is 0 Å². The van der Waals surface area contributed by atoms with Gasteiger partial charge in [-0.05, 0) is 40.5 Å². The number of amides is 2. The second-order valence-corrected chi connectivity index (χ2v) is 9.38. The van der Waals surface area contributed by atoms with E-state index in [1.807, 2.05) is 41.5 Å². The third-order valence-electron chi connectivity index (χ3n) is 5.33. The molecule has 2 N–H and O–H groups in total. The smallest absolute Gasteiger partial charge is 0.311 e. The Morgan fingerprint density at radius 2 is 1.26 bits per heavy atom. The number of esters is 2. The van der Waals surface area contributed by atoms with Crippen LogP contribution in [0.5, 0.6) is 0 Å². The highest BCUT2D eigenvalue weighted by Gasteiger charge is 2.34. The average molecular weight is 510 g/mol. The zero-order valence-corrected chi connectivity index (χ0v) is 21.8. The Kier molecular flexibility index (Phi) is 15.7. The second-order valence-electron chi connectivity index (χ2n) is 8.59. The highest BCUT2D eigenvalue weighted by atomic mass is 79.9. The Hall–Kier alpha value is -1.48. The second kappa shape index (κ2) is 15.3. The van der Waals surface area contributed by atoms with Gasteiger partial charge in [0.1, 0.15) is 13.2 Å². The summed E-state index contributed by atoms with van der Waals surface area (Å²) in [7, 11) is 0. The molecule has 8 nitrogen and oxygen atoms in total. The van der Waals surface area contributed by atoms with E-state index in [0.717, 1.165) is 12.8 Å². The molecule has 0 saturated carbocycles. The zero-order chi connectivity index (χ0) is 24.8. The van der Waals surface area contributed by atoms with E-state index in [2.05, 4.69) is 21.2 Å². The fraction of sp³-hybridized carbons (Fsp3) is 0.818. The van der Waals surface area contributed by atoms with Crippen LogP contribution in [0, 0.1) is 22.7 Å². The molecule has 0 bridgehead atoms. The van der Waals surface area contributed by atoms with Crippen LogP contribution in [-0.4, -0.2) is 54.0 Å². The predicted molar refractivity (Wildman–Crippen MR) is 122 cm³/mol. The van der Waals surface area contributed by atoms with Crippen LogP contribution in [0.15, 0.2) is 0 Å². The SMILES string of the molecule is CC1C(=O)NC(=O)C1C.CCC(C)(C)C(=O)OCCBr.CCC(C)(C)C(=O)OCCO. The Balaban J connectivity index is 0. The summed E-state index contributed by atoms with van der Waals surface area (Å²) in [4.78, 5) is 43.7. The number of carbonyl (C=O) groups excluding carboxylic acids is 4. The molecule has 2 atom stereocenters. The summed E-state index contributed by atoms with van der Waals surface area (Å²) >= 11 is 3.19. The molecule has 9 heteroatoms. The molecular weight excluding hydrogens is 470 g/mol. The lowest BCUT2D eigenvalue weighted by atomic mass is 9.91. The first-order valence-electron chi connectivity index (χ1n) is 10.6. The van der Waals surface area contributed by atoms with Crippen LogP contribution in [0.1, 0.15) is 68.2 Å². The number of aliphatic hydroxyl groups is 1. The van der Waals surface area contributed by atoms with Crippen molar-refractivity contribution in [2.75, 3.05) is 25.2 Å². The molecule has 2 amide bonds. The number of hydrogen-bond acceptors (Lipinski definition) is 7. The molecule has 1 heterocycles. The molecular formula is C22H40BrNO7. The Morgan fingerprint density at radius 3 is 1.48 bits per heavy atom. The van der Waals surface area contributed by atoms with Crippen molar-refractivity contribution in [3.8, 4) is 0 Å². The average Bonchev–Trinajstić information content (AvgIpc) is 2.96. The van der Waals surface area contributed by atoms with E-state index in [9.17, 15) is 19.2 Å². The number of nitrogens with one attached hydrogen (secondary N) is 1. The lowest BCUT2D eigenvalue weighted by Crippen LogP contribution is -2.26. The van der Waals surface area contributed by atoms with Crippen LogP contribution in [0.3, 0.4) is 0 Å². The highest BCUT2D eigenvalue weighted by molar-refractivity contribution is 9.09. The van der Waals surface area contributed by atoms with Crippen LogP contribution in [0.4, 0.5) is 0 Å². The first-order chi connectivity index (χ1) is 14.2. The van der Waals surface area contributed by atoms with Crippen molar-refractivity contribution >= 4 is 39.7 Å². The number of imide groups is 1. The maximum Gasteiger partial charge on any atom is 0.311 e. The minimum atomic E-state index is -0.421. The maximum atomic E-state index is 11.2. The molecule has 0 spiro atoms. The first kappa shape index (κ1) is 31.7. The van der Waals surface area contributed by atoms with Crippen LogP contribution >= 0.6 is 15.9 Å². The van der Waals surface area contributed by atoms with Gasteiger partial charge in [-0.2, -0.15) is 0 Å². The fourth-order valence-corrected chi connectivity index (χ4v) is 1.91. The standard InChI is InChI=1S/C8H15BrO2.C8H16O3.C6H9NO2/c2*1-4-8(2,3)7(10)11-6-5-9;1-3-4(2)6(9)7-5(3)8/h4-6H2,1-3H3;9H,4-6H2,1-3H3;3-4H,1-2H3,(H,7,8,9). The quantitative estimate of drug-likeness (QED) is 0.292. The van der Waals surface area contributed by atoms with Crippen molar-refractivity contribution < 1.29 is 33.8 Å². The number of aliphatic hydroxyl groups excluding tert-OH is 1. The topological polar surface area (TPSA) is 119 Å². The monoisotopic (exact) mass is 509 g/mol. The molecule has 0 radical (unpaired) electrons. The Morgan fingerprint density at radius 1 is 0.903 bits per heavy atom. The molecule has 0 aromatic carbocycles. The third kappa shape index (κ3) is 12.2. The molecule has 1 saturated heterocycles. The molecule has 2 unspecified atom stereocenters. The lowest BCUT2D eigenvalue weighted by Gasteiger charge is -2.19. The van der Waals surface area contributed by atoms with Crippen LogP contribution in [-0.2, 0) is 28.7 Å². The Bertz CT molecular complexity index is 540. The van der Waals surface area contributed by atoms with Gasteiger partial charge in [0.15, 0.2) is 0 Å². The van der Waals surface area contributed by atoms with E-state index in [4.69, 9.17) is 14.6 Å². The lowest BCUT2D eigenvalue weighted by molar-refractivity contribution is -0.155. The molecule has 0 aliphatic carbocycles. The summed E-state index contributed by atoms with van der Waals surface area (Å²) in [5.41, 5.74) is -0.753. The summed E-state index contributed by atoms with van der Waals surface area (Å²) < 4.78 is 9.72. The molecule has 1 aliphatic rings. The van der Waals surface area contributed by atoms with E-state index in [1.165, 1.54) is 0 Å². The summed E-state index contributed by atoms with van der Waals surface area (Å²) in [5, 5.41) is 11.3. The van der Waals surface area contributed by atoms with Gasteiger partial charge in [-0.25, -0.2) is 0 Å². The van der Waals surface area contributed by atoms with Crippen LogP contribution in [0.2, 0.25) is 0 Å². The summed E-state index contributed by atoms with van der Waals surface area (Å²) in [6, 6.07) is 0.